The number of carbonyl (C=O) groups is 1. The Kier molecular flexibility index (Phi) is 5.51. The molecule has 4 N–H and O–H groups in total. The van der Waals surface area contributed by atoms with Crippen LogP contribution < -0.4 is 21.5 Å². The first-order chi connectivity index (χ1) is 16.2. The third-order valence-electron chi connectivity index (χ3n) is 6.71. The maximum atomic E-state index is 13.3. The van der Waals surface area contributed by atoms with Crippen molar-refractivity contribution in [3.05, 3.63) is 46.5 Å². The molecule has 10 nitrogen and oxygen atoms in total. The van der Waals surface area contributed by atoms with Gasteiger partial charge in [-0.1, -0.05) is 0 Å². The van der Waals surface area contributed by atoms with Crippen molar-refractivity contribution in [3.8, 4) is 0 Å². The topological polar surface area (TPSA) is 126 Å². The number of alkyl halides is 1. The molecule has 0 saturated heterocycles. The standard InChI is InChI=1S/C23H28FN7O3/c1-23(34)6-5-14(11-23)27-21(32)16-12-26-31-19(25-2)10-18(29-20(16)31)28-17-4-3-7-30(22(17)33)15-8-13(24)9-15/h3-4,7,10,12-15,25,34H,5-6,8-9,11H2,1-2H3,(H,27,32)(H,28,29)/t13?,14?,15?,23-/m1/s1. The van der Waals surface area contributed by atoms with Crippen LogP contribution in [0.2, 0.25) is 0 Å². The fourth-order valence-electron chi connectivity index (χ4n) is 4.75. The van der Waals surface area contributed by atoms with E-state index < -0.39 is 11.8 Å². The van der Waals surface area contributed by atoms with Gasteiger partial charge in [0.1, 0.15) is 29.1 Å². The van der Waals surface area contributed by atoms with E-state index in [9.17, 15) is 19.1 Å². The Labute approximate surface area is 195 Å². The van der Waals surface area contributed by atoms with Crippen LogP contribution in [0.5, 0.6) is 0 Å². The minimum atomic E-state index is -0.863. The minimum Gasteiger partial charge on any atom is -0.390 e. The first-order valence-corrected chi connectivity index (χ1v) is 11.5. The van der Waals surface area contributed by atoms with Crippen molar-refractivity contribution < 1.29 is 14.3 Å². The van der Waals surface area contributed by atoms with Crippen LogP contribution in [0.1, 0.15) is 55.4 Å². The molecule has 0 radical (unpaired) electrons. The van der Waals surface area contributed by atoms with E-state index in [1.54, 1.807) is 42.9 Å². The summed E-state index contributed by atoms with van der Waals surface area (Å²) in [4.78, 5) is 30.5. The molecule has 0 spiro atoms. The maximum absolute atomic E-state index is 13.3. The van der Waals surface area contributed by atoms with E-state index >= 15 is 0 Å². The van der Waals surface area contributed by atoms with Crippen LogP contribution in [-0.2, 0) is 0 Å². The lowest BCUT2D eigenvalue weighted by atomic mass is 9.90. The number of halogens is 1. The van der Waals surface area contributed by atoms with Crippen molar-refractivity contribution in [2.24, 2.45) is 0 Å². The van der Waals surface area contributed by atoms with Crippen LogP contribution >= 0.6 is 0 Å². The van der Waals surface area contributed by atoms with Gasteiger partial charge in [-0.3, -0.25) is 9.59 Å². The molecule has 2 saturated carbocycles. The summed E-state index contributed by atoms with van der Waals surface area (Å²) in [6.07, 6.45) is 4.75. The fraction of sp³-hybridized carbons (Fsp3) is 0.478. The van der Waals surface area contributed by atoms with Crippen molar-refractivity contribution >= 4 is 28.9 Å². The summed E-state index contributed by atoms with van der Waals surface area (Å²) in [6.45, 7) is 1.77. The predicted octanol–water partition coefficient (Wildman–Crippen LogP) is 2.38. The van der Waals surface area contributed by atoms with E-state index in [1.807, 2.05) is 0 Å². The lowest BCUT2D eigenvalue weighted by molar-refractivity contribution is 0.0647. The highest BCUT2D eigenvalue weighted by Gasteiger charge is 2.34. The summed E-state index contributed by atoms with van der Waals surface area (Å²) in [5.74, 6) is 0.616. The summed E-state index contributed by atoms with van der Waals surface area (Å²) < 4.78 is 16.4. The van der Waals surface area contributed by atoms with Crippen LogP contribution in [0.3, 0.4) is 0 Å². The molecule has 3 aromatic rings. The average molecular weight is 470 g/mol. The third-order valence-corrected chi connectivity index (χ3v) is 6.71. The maximum Gasteiger partial charge on any atom is 0.274 e. The van der Waals surface area contributed by atoms with Gasteiger partial charge < -0.3 is 25.6 Å². The summed E-state index contributed by atoms with van der Waals surface area (Å²) in [5.41, 5.74) is -0.108. The zero-order valence-corrected chi connectivity index (χ0v) is 19.1. The molecule has 1 amide bonds. The second kappa shape index (κ2) is 8.39. The first-order valence-electron chi connectivity index (χ1n) is 11.5. The van der Waals surface area contributed by atoms with Crippen molar-refractivity contribution in [3.63, 3.8) is 0 Å². The van der Waals surface area contributed by atoms with E-state index in [1.165, 1.54) is 10.7 Å². The largest absolute Gasteiger partial charge is 0.390 e. The monoisotopic (exact) mass is 469 g/mol. The van der Waals surface area contributed by atoms with Crippen LogP contribution in [0.4, 0.5) is 21.7 Å². The van der Waals surface area contributed by atoms with Crippen molar-refractivity contribution in [1.29, 1.82) is 0 Å². The summed E-state index contributed by atoms with van der Waals surface area (Å²) >= 11 is 0. The molecule has 34 heavy (non-hydrogen) atoms. The highest BCUT2D eigenvalue weighted by Crippen LogP contribution is 2.34. The number of nitrogens with one attached hydrogen (secondary N) is 3. The molecule has 2 aliphatic rings. The van der Waals surface area contributed by atoms with Crippen molar-refractivity contribution in [1.82, 2.24) is 24.5 Å². The van der Waals surface area contributed by atoms with Crippen molar-refractivity contribution in [2.75, 3.05) is 17.7 Å². The van der Waals surface area contributed by atoms with E-state index in [-0.39, 0.29) is 23.6 Å². The number of hydrogen-bond acceptors (Lipinski definition) is 7. The lowest BCUT2D eigenvalue weighted by Gasteiger charge is -2.31. The highest BCUT2D eigenvalue weighted by molar-refractivity contribution is 6.00. The van der Waals surface area contributed by atoms with Crippen LogP contribution in [-0.4, -0.2) is 55.0 Å². The number of nitrogens with zero attached hydrogens (tertiary/aromatic N) is 4. The Morgan fingerprint density at radius 3 is 2.82 bits per heavy atom. The number of aromatic nitrogens is 4. The Bertz CT molecular complexity index is 1300. The molecule has 2 atom stereocenters. The lowest BCUT2D eigenvalue weighted by Crippen LogP contribution is -2.35. The Hall–Kier alpha value is -3.47. The summed E-state index contributed by atoms with van der Waals surface area (Å²) in [6, 6.07) is 4.80. The molecule has 0 aromatic carbocycles. The van der Waals surface area contributed by atoms with Crippen LogP contribution in [0, 0.1) is 0 Å². The molecule has 0 aliphatic heterocycles. The van der Waals surface area contributed by atoms with E-state index in [0.717, 1.165) is 0 Å². The second-order valence-corrected chi connectivity index (χ2v) is 9.46. The number of aliphatic hydroxyl groups is 1. The van der Waals surface area contributed by atoms with Gasteiger partial charge >= 0.3 is 0 Å². The van der Waals surface area contributed by atoms with E-state index in [4.69, 9.17) is 0 Å². The summed E-state index contributed by atoms with van der Waals surface area (Å²) in [7, 11) is 1.72. The van der Waals surface area contributed by atoms with Crippen molar-refractivity contribution in [2.45, 2.75) is 62.9 Å². The normalized spacial score (nSPS) is 26.3. The molecule has 3 heterocycles. The van der Waals surface area contributed by atoms with Crippen LogP contribution in [0.25, 0.3) is 5.65 Å². The number of carbonyl (C=O) groups excluding carboxylic acids is 1. The molecule has 11 heteroatoms. The van der Waals surface area contributed by atoms with E-state index in [0.29, 0.717) is 60.6 Å². The van der Waals surface area contributed by atoms with Gasteiger partial charge in [-0.25, -0.2) is 9.37 Å². The van der Waals surface area contributed by atoms with Gasteiger partial charge in [0.2, 0.25) is 0 Å². The number of anilines is 3. The molecule has 1 unspecified atom stereocenters. The Morgan fingerprint density at radius 1 is 1.35 bits per heavy atom. The highest BCUT2D eigenvalue weighted by atomic mass is 19.1. The fourth-order valence-corrected chi connectivity index (χ4v) is 4.75. The van der Waals surface area contributed by atoms with Gasteiger partial charge in [0.15, 0.2) is 5.65 Å². The Balaban J connectivity index is 1.43. The van der Waals surface area contributed by atoms with E-state index in [2.05, 4.69) is 26.0 Å². The quantitative estimate of drug-likeness (QED) is 0.437. The number of amides is 1. The number of pyridine rings is 1. The zero-order chi connectivity index (χ0) is 24.0. The second-order valence-electron chi connectivity index (χ2n) is 9.46. The molecule has 3 aromatic heterocycles. The third kappa shape index (κ3) is 4.11. The van der Waals surface area contributed by atoms with Gasteiger partial charge in [0.25, 0.3) is 11.5 Å². The van der Waals surface area contributed by atoms with Crippen LogP contribution in [0.15, 0.2) is 35.4 Å². The Morgan fingerprint density at radius 2 is 2.15 bits per heavy atom. The van der Waals surface area contributed by atoms with Gasteiger partial charge in [0.05, 0.1) is 11.8 Å². The molecular formula is C23H28FN7O3. The zero-order valence-electron chi connectivity index (χ0n) is 19.1. The number of fused-ring (bicyclic) bond motifs is 1. The van der Waals surface area contributed by atoms with Gasteiger partial charge in [-0.15, -0.1) is 0 Å². The minimum absolute atomic E-state index is 0.124. The van der Waals surface area contributed by atoms with Gasteiger partial charge in [0, 0.05) is 31.4 Å². The molecule has 5 rings (SSSR count). The number of hydrogen-bond donors (Lipinski definition) is 4. The summed E-state index contributed by atoms with van der Waals surface area (Å²) in [5, 5.41) is 23.5. The SMILES string of the molecule is CNc1cc(Nc2cccn(C3CC(F)C3)c2=O)nc2c(C(=O)NC3CC[C@@](C)(O)C3)cnn12. The smallest absolute Gasteiger partial charge is 0.274 e. The predicted molar refractivity (Wildman–Crippen MR) is 125 cm³/mol. The number of rotatable bonds is 6. The average Bonchev–Trinajstić information content (AvgIpc) is 3.35. The molecule has 2 fully saturated rings. The van der Waals surface area contributed by atoms with Gasteiger partial charge in [-0.05, 0) is 51.2 Å². The molecular weight excluding hydrogens is 441 g/mol. The molecule has 180 valence electrons. The molecule has 2 aliphatic carbocycles. The van der Waals surface area contributed by atoms with Gasteiger partial charge in [-0.2, -0.15) is 9.61 Å². The molecule has 0 bridgehead atoms. The first kappa shape index (κ1) is 22.3.